The van der Waals surface area contributed by atoms with Crippen molar-refractivity contribution in [2.75, 3.05) is 40.9 Å². The summed E-state index contributed by atoms with van der Waals surface area (Å²) in [6.07, 6.45) is 4.42. The molecule has 0 spiro atoms. The largest absolute Gasteiger partial charge is 0.442 e. The first kappa shape index (κ1) is 18.1. The zero-order valence-electron chi connectivity index (χ0n) is 15.0. The summed E-state index contributed by atoms with van der Waals surface area (Å²) in [6.45, 7) is 2.43. The SMILES string of the molecule is O=C1OC(Cn2nccn2)CN1c1ccc(N2CCCSCCC2)c(F)c1. The Morgan fingerprint density at radius 1 is 1.19 bits per heavy atom. The molecule has 9 heteroatoms. The maximum Gasteiger partial charge on any atom is 0.414 e. The number of anilines is 2. The highest BCUT2D eigenvalue weighted by Gasteiger charge is 2.33. The van der Waals surface area contributed by atoms with Gasteiger partial charge in [0.1, 0.15) is 11.9 Å². The number of hydrogen-bond acceptors (Lipinski definition) is 6. The highest BCUT2D eigenvalue weighted by Crippen LogP contribution is 2.29. The second-order valence-corrected chi connectivity index (χ2v) is 7.87. The van der Waals surface area contributed by atoms with E-state index in [9.17, 15) is 9.18 Å². The van der Waals surface area contributed by atoms with Gasteiger partial charge in [-0.05, 0) is 42.5 Å². The van der Waals surface area contributed by atoms with Crippen molar-refractivity contribution in [2.24, 2.45) is 0 Å². The average molecular weight is 391 g/mol. The minimum atomic E-state index is -0.470. The summed E-state index contributed by atoms with van der Waals surface area (Å²) in [7, 11) is 0. The van der Waals surface area contributed by atoms with E-state index >= 15 is 0 Å². The summed E-state index contributed by atoms with van der Waals surface area (Å²) >= 11 is 1.96. The summed E-state index contributed by atoms with van der Waals surface area (Å²) in [5.41, 5.74) is 1.12. The molecular weight excluding hydrogens is 369 g/mol. The van der Waals surface area contributed by atoms with E-state index in [1.54, 1.807) is 24.5 Å². The number of aromatic nitrogens is 3. The molecule has 27 heavy (non-hydrogen) atoms. The molecule has 1 aromatic heterocycles. The van der Waals surface area contributed by atoms with Gasteiger partial charge in [0.2, 0.25) is 0 Å². The van der Waals surface area contributed by atoms with Crippen molar-refractivity contribution in [1.29, 1.82) is 0 Å². The Morgan fingerprint density at radius 3 is 2.63 bits per heavy atom. The third-order valence-electron chi connectivity index (χ3n) is 4.72. The lowest BCUT2D eigenvalue weighted by molar-refractivity contribution is 0.126. The normalized spacial score (nSPS) is 21.1. The molecule has 1 amide bonds. The number of benzene rings is 1. The second kappa shape index (κ2) is 8.16. The summed E-state index contributed by atoms with van der Waals surface area (Å²) in [4.78, 5) is 17.3. The fourth-order valence-electron chi connectivity index (χ4n) is 3.44. The molecule has 2 aliphatic heterocycles. The Labute approximate surface area is 161 Å². The highest BCUT2D eigenvalue weighted by molar-refractivity contribution is 7.99. The van der Waals surface area contributed by atoms with E-state index in [0.29, 0.717) is 24.5 Å². The zero-order chi connectivity index (χ0) is 18.6. The first-order valence-corrected chi connectivity index (χ1v) is 10.3. The average Bonchev–Trinajstić information content (AvgIpc) is 3.25. The van der Waals surface area contributed by atoms with Crippen molar-refractivity contribution in [3.05, 3.63) is 36.4 Å². The maximum atomic E-state index is 14.8. The highest BCUT2D eigenvalue weighted by atomic mass is 32.2. The summed E-state index contributed by atoms with van der Waals surface area (Å²) in [6, 6.07) is 5.00. The van der Waals surface area contributed by atoms with Gasteiger partial charge in [-0.3, -0.25) is 4.90 Å². The van der Waals surface area contributed by atoms with Crippen LogP contribution in [0.1, 0.15) is 12.8 Å². The molecule has 0 N–H and O–H groups in total. The number of ether oxygens (including phenoxy) is 1. The molecule has 1 unspecified atom stereocenters. The fourth-order valence-corrected chi connectivity index (χ4v) is 4.31. The molecule has 2 fully saturated rings. The van der Waals surface area contributed by atoms with E-state index in [0.717, 1.165) is 37.4 Å². The molecule has 2 saturated heterocycles. The van der Waals surface area contributed by atoms with Crippen molar-refractivity contribution < 1.29 is 13.9 Å². The van der Waals surface area contributed by atoms with Crippen molar-refractivity contribution in [2.45, 2.75) is 25.5 Å². The zero-order valence-corrected chi connectivity index (χ0v) is 15.8. The lowest BCUT2D eigenvalue weighted by Crippen LogP contribution is -2.29. The molecule has 0 aliphatic carbocycles. The number of rotatable bonds is 4. The van der Waals surface area contributed by atoms with Crippen LogP contribution in [0.25, 0.3) is 0 Å². The van der Waals surface area contributed by atoms with Crippen LogP contribution in [0.5, 0.6) is 0 Å². The quantitative estimate of drug-likeness (QED) is 0.799. The van der Waals surface area contributed by atoms with Crippen molar-refractivity contribution in [3.8, 4) is 0 Å². The molecular formula is C18H22FN5O2S. The van der Waals surface area contributed by atoms with Gasteiger partial charge >= 0.3 is 6.09 Å². The third-order valence-corrected chi connectivity index (χ3v) is 5.88. The Hall–Kier alpha value is -2.29. The van der Waals surface area contributed by atoms with Gasteiger partial charge in [-0.25, -0.2) is 9.18 Å². The van der Waals surface area contributed by atoms with Gasteiger partial charge in [0.25, 0.3) is 0 Å². The molecule has 0 bridgehead atoms. The van der Waals surface area contributed by atoms with Crippen molar-refractivity contribution in [1.82, 2.24) is 15.0 Å². The molecule has 0 radical (unpaired) electrons. The van der Waals surface area contributed by atoms with Crippen LogP contribution >= 0.6 is 11.8 Å². The van der Waals surface area contributed by atoms with E-state index in [4.69, 9.17) is 4.74 Å². The van der Waals surface area contributed by atoms with Crippen LogP contribution in [-0.2, 0) is 11.3 Å². The van der Waals surface area contributed by atoms with Gasteiger partial charge in [-0.15, -0.1) is 0 Å². The number of carbonyl (C=O) groups excluding carboxylic acids is 1. The van der Waals surface area contributed by atoms with Crippen LogP contribution in [0, 0.1) is 5.82 Å². The molecule has 1 aromatic carbocycles. The first-order valence-electron chi connectivity index (χ1n) is 9.15. The van der Waals surface area contributed by atoms with Gasteiger partial charge in [0.15, 0.2) is 0 Å². The van der Waals surface area contributed by atoms with Crippen LogP contribution in [0.3, 0.4) is 0 Å². The maximum absolute atomic E-state index is 14.8. The van der Waals surface area contributed by atoms with Crippen LogP contribution in [0.2, 0.25) is 0 Å². The van der Waals surface area contributed by atoms with Gasteiger partial charge in [-0.1, -0.05) is 0 Å². The summed E-state index contributed by atoms with van der Waals surface area (Å²) in [5.74, 6) is 1.93. The topological polar surface area (TPSA) is 63.5 Å². The number of thioether (sulfide) groups is 1. The van der Waals surface area contributed by atoms with Gasteiger partial charge in [-0.2, -0.15) is 26.8 Å². The molecule has 2 aliphatic rings. The molecule has 2 aromatic rings. The predicted octanol–water partition coefficient (Wildman–Crippen LogP) is 2.78. The van der Waals surface area contributed by atoms with Crippen molar-refractivity contribution in [3.63, 3.8) is 0 Å². The molecule has 0 saturated carbocycles. The molecule has 144 valence electrons. The number of hydrogen-bond donors (Lipinski definition) is 0. The van der Waals surface area contributed by atoms with Gasteiger partial charge in [0.05, 0.1) is 36.9 Å². The minimum absolute atomic E-state index is 0.300. The van der Waals surface area contributed by atoms with Crippen LogP contribution in [-0.4, -0.2) is 58.3 Å². The Balaban J connectivity index is 1.46. The molecule has 7 nitrogen and oxygen atoms in total. The number of halogens is 1. The lowest BCUT2D eigenvalue weighted by atomic mass is 10.2. The van der Waals surface area contributed by atoms with E-state index < -0.39 is 6.09 Å². The Bertz CT molecular complexity index is 780. The standard InChI is InChI=1S/C18H22FN5O2S/c19-16-11-14(3-4-17(16)22-7-1-9-27-10-2-8-22)23-12-15(26-18(23)25)13-24-20-5-6-21-24/h3-6,11,15H,1-2,7-10,12-13H2. The molecule has 4 rings (SSSR count). The monoisotopic (exact) mass is 391 g/mol. The second-order valence-electron chi connectivity index (χ2n) is 6.64. The Kier molecular flexibility index (Phi) is 5.47. The lowest BCUT2D eigenvalue weighted by Gasteiger charge is -2.27. The van der Waals surface area contributed by atoms with Crippen LogP contribution in [0.15, 0.2) is 30.6 Å². The third kappa shape index (κ3) is 4.18. The molecule has 3 heterocycles. The number of carbonyl (C=O) groups is 1. The van der Waals surface area contributed by atoms with Crippen LogP contribution in [0.4, 0.5) is 20.6 Å². The van der Waals surface area contributed by atoms with E-state index in [1.165, 1.54) is 15.8 Å². The summed E-state index contributed by atoms with van der Waals surface area (Å²) < 4.78 is 20.2. The van der Waals surface area contributed by atoms with E-state index in [1.807, 2.05) is 11.8 Å². The number of cyclic esters (lactones) is 1. The first-order chi connectivity index (χ1) is 13.2. The fraction of sp³-hybridized carbons (Fsp3) is 0.500. The van der Waals surface area contributed by atoms with Gasteiger partial charge in [0, 0.05) is 13.1 Å². The van der Waals surface area contributed by atoms with E-state index in [-0.39, 0.29) is 11.9 Å². The minimum Gasteiger partial charge on any atom is -0.442 e. The van der Waals surface area contributed by atoms with Crippen molar-refractivity contribution >= 4 is 29.2 Å². The number of amides is 1. The van der Waals surface area contributed by atoms with E-state index in [2.05, 4.69) is 15.1 Å². The summed E-state index contributed by atoms with van der Waals surface area (Å²) in [5, 5.41) is 8.05. The Morgan fingerprint density at radius 2 is 1.93 bits per heavy atom. The van der Waals surface area contributed by atoms with Crippen LogP contribution < -0.4 is 9.80 Å². The number of nitrogens with zero attached hydrogens (tertiary/aromatic N) is 5. The smallest absolute Gasteiger partial charge is 0.414 e. The molecule has 1 atom stereocenters. The van der Waals surface area contributed by atoms with Gasteiger partial charge < -0.3 is 9.64 Å². The predicted molar refractivity (Wildman–Crippen MR) is 103 cm³/mol.